The van der Waals surface area contributed by atoms with Crippen molar-refractivity contribution in [3.8, 4) is 6.07 Å². The molecule has 8 heteroatoms. The Labute approximate surface area is 147 Å². The van der Waals surface area contributed by atoms with Crippen LogP contribution in [0.1, 0.15) is 20.9 Å². The number of carbonyl (C=O) groups is 1. The van der Waals surface area contributed by atoms with E-state index in [4.69, 9.17) is 5.26 Å². The van der Waals surface area contributed by atoms with Gasteiger partial charge in [-0.3, -0.25) is 4.79 Å². The van der Waals surface area contributed by atoms with Gasteiger partial charge in [0.15, 0.2) is 0 Å². The Bertz CT molecular complexity index is 911. The average molecular weight is 413 g/mol. The number of rotatable bonds is 4. The third kappa shape index (κ3) is 4.41. The summed E-state index contributed by atoms with van der Waals surface area (Å²) in [5.74, 6) is -0.603. The van der Waals surface area contributed by atoms with Crippen molar-refractivity contribution in [2.45, 2.75) is 25.2 Å². The molecule has 0 saturated carbocycles. The van der Waals surface area contributed by atoms with E-state index in [2.05, 4.69) is 15.9 Å². The summed E-state index contributed by atoms with van der Waals surface area (Å²) in [5, 5.41) is 8.91. The highest BCUT2D eigenvalue weighted by molar-refractivity contribution is 9.10. The molecular formula is C15H13BrN2O3S2. The maximum absolute atomic E-state index is 12.3. The van der Waals surface area contributed by atoms with Gasteiger partial charge < -0.3 is 0 Å². The van der Waals surface area contributed by atoms with Crippen LogP contribution in [0.15, 0.2) is 33.6 Å². The zero-order valence-corrected chi connectivity index (χ0v) is 15.6. The van der Waals surface area contributed by atoms with Crippen molar-refractivity contribution in [3.63, 3.8) is 0 Å². The standard InChI is InChI=1S/C15H13BrN2O3S2/c1-9-3-10(2)22-14(9)7-15(19)18-23(20,21)13-5-11(8-17)4-12(16)6-13/h3-6H,7H2,1-2H3,(H,18,19). The molecule has 0 unspecified atom stereocenters. The Hall–Kier alpha value is -1.69. The fourth-order valence-corrected chi connectivity index (χ4v) is 4.78. The SMILES string of the molecule is Cc1cc(C)c(CC(=O)NS(=O)(=O)c2cc(Br)cc(C#N)c2)s1. The van der Waals surface area contributed by atoms with Gasteiger partial charge in [0.2, 0.25) is 5.91 Å². The summed E-state index contributed by atoms with van der Waals surface area (Å²) in [4.78, 5) is 13.8. The normalized spacial score (nSPS) is 11.0. The fourth-order valence-electron chi connectivity index (χ4n) is 2.04. The fraction of sp³-hybridized carbons (Fsp3) is 0.200. The number of halogens is 1. The number of hydrogen-bond donors (Lipinski definition) is 1. The molecule has 0 radical (unpaired) electrons. The van der Waals surface area contributed by atoms with Crippen LogP contribution in [0.25, 0.3) is 0 Å². The smallest absolute Gasteiger partial charge is 0.264 e. The number of amides is 1. The molecule has 1 amide bonds. The third-order valence-corrected chi connectivity index (χ3v) is 5.99. The summed E-state index contributed by atoms with van der Waals surface area (Å²) in [6.07, 6.45) is 0.00266. The van der Waals surface area contributed by atoms with E-state index >= 15 is 0 Å². The molecule has 1 aromatic carbocycles. The number of nitriles is 1. The zero-order valence-electron chi connectivity index (χ0n) is 12.4. The summed E-state index contributed by atoms with van der Waals surface area (Å²) in [5.41, 5.74) is 1.16. The van der Waals surface area contributed by atoms with Crippen LogP contribution in [0, 0.1) is 25.2 Å². The van der Waals surface area contributed by atoms with E-state index in [0.717, 1.165) is 15.3 Å². The zero-order chi connectivity index (χ0) is 17.2. The van der Waals surface area contributed by atoms with Crippen LogP contribution in [-0.2, 0) is 21.2 Å². The maximum Gasteiger partial charge on any atom is 0.264 e. The molecule has 0 saturated heterocycles. The highest BCUT2D eigenvalue weighted by Crippen LogP contribution is 2.22. The predicted octanol–water partition coefficient (Wildman–Crippen LogP) is 3.05. The van der Waals surface area contributed by atoms with Crippen molar-refractivity contribution in [1.82, 2.24) is 4.72 Å². The lowest BCUT2D eigenvalue weighted by atomic mass is 10.2. The van der Waals surface area contributed by atoms with Crippen LogP contribution in [0.2, 0.25) is 0 Å². The second kappa shape index (κ2) is 6.83. The largest absolute Gasteiger partial charge is 0.274 e. The van der Waals surface area contributed by atoms with Gasteiger partial charge in [-0.2, -0.15) is 5.26 Å². The van der Waals surface area contributed by atoms with Gasteiger partial charge in [-0.25, -0.2) is 13.1 Å². The summed E-state index contributed by atoms with van der Waals surface area (Å²) in [6.45, 7) is 3.81. The number of thiophene rings is 1. The highest BCUT2D eigenvalue weighted by atomic mass is 79.9. The first-order valence-corrected chi connectivity index (χ1v) is 9.63. The van der Waals surface area contributed by atoms with Crippen molar-refractivity contribution in [2.24, 2.45) is 0 Å². The van der Waals surface area contributed by atoms with Gasteiger partial charge in [0.1, 0.15) is 0 Å². The van der Waals surface area contributed by atoms with Crippen molar-refractivity contribution in [2.75, 3.05) is 0 Å². The average Bonchev–Trinajstić information content (AvgIpc) is 2.75. The molecule has 0 fully saturated rings. The molecule has 1 aromatic heterocycles. The number of nitrogens with zero attached hydrogens (tertiary/aromatic N) is 1. The van der Waals surface area contributed by atoms with Crippen LogP contribution < -0.4 is 4.72 Å². The third-order valence-electron chi connectivity index (χ3n) is 3.02. The molecule has 0 aliphatic carbocycles. The van der Waals surface area contributed by atoms with Gasteiger partial charge in [-0.15, -0.1) is 11.3 Å². The number of sulfonamides is 1. The topological polar surface area (TPSA) is 87.0 Å². The summed E-state index contributed by atoms with van der Waals surface area (Å²) >= 11 is 4.62. The Morgan fingerprint density at radius 3 is 2.57 bits per heavy atom. The Morgan fingerprint density at radius 2 is 2.00 bits per heavy atom. The maximum atomic E-state index is 12.3. The van der Waals surface area contributed by atoms with Crippen LogP contribution >= 0.6 is 27.3 Å². The number of hydrogen-bond acceptors (Lipinski definition) is 5. The minimum atomic E-state index is -4.02. The van der Waals surface area contributed by atoms with Crippen molar-refractivity contribution in [1.29, 1.82) is 5.26 Å². The minimum absolute atomic E-state index is 0.00266. The molecule has 2 aromatic rings. The first-order chi connectivity index (χ1) is 10.7. The van der Waals surface area contributed by atoms with Crippen LogP contribution in [0.5, 0.6) is 0 Å². The van der Waals surface area contributed by atoms with Gasteiger partial charge in [0.05, 0.1) is 22.9 Å². The molecule has 0 atom stereocenters. The van der Waals surface area contributed by atoms with E-state index in [1.54, 1.807) is 0 Å². The van der Waals surface area contributed by atoms with Gasteiger partial charge >= 0.3 is 0 Å². The van der Waals surface area contributed by atoms with Gasteiger partial charge in [-0.1, -0.05) is 15.9 Å². The lowest BCUT2D eigenvalue weighted by Crippen LogP contribution is -2.31. The van der Waals surface area contributed by atoms with E-state index in [1.807, 2.05) is 30.7 Å². The number of nitrogens with one attached hydrogen (secondary N) is 1. The molecule has 2 rings (SSSR count). The van der Waals surface area contributed by atoms with Crippen molar-refractivity contribution in [3.05, 3.63) is 49.6 Å². The molecule has 0 aliphatic heterocycles. The van der Waals surface area contributed by atoms with E-state index in [1.165, 1.54) is 29.5 Å². The van der Waals surface area contributed by atoms with Crippen molar-refractivity contribution < 1.29 is 13.2 Å². The number of carbonyl (C=O) groups excluding carboxylic acids is 1. The quantitative estimate of drug-likeness (QED) is 0.835. The lowest BCUT2D eigenvalue weighted by molar-refractivity contribution is -0.118. The second-order valence-electron chi connectivity index (χ2n) is 4.96. The molecule has 1 heterocycles. The highest BCUT2D eigenvalue weighted by Gasteiger charge is 2.20. The second-order valence-corrected chi connectivity index (χ2v) is 8.90. The first kappa shape index (κ1) is 17.7. The van der Waals surface area contributed by atoms with Gasteiger partial charge in [-0.05, 0) is 43.7 Å². The monoisotopic (exact) mass is 412 g/mol. The molecule has 5 nitrogen and oxygen atoms in total. The van der Waals surface area contributed by atoms with Crippen molar-refractivity contribution >= 4 is 43.2 Å². The molecular weight excluding hydrogens is 400 g/mol. The van der Waals surface area contributed by atoms with Crippen LogP contribution in [0.4, 0.5) is 0 Å². The minimum Gasteiger partial charge on any atom is -0.274 e. The van der Waals surface area contributed by atoms with Crippen LogP contribution in [0.3, 0.4) is 0 Å². The molecule has 0 aliphatic rings. The molecule has 0 bridgehead atoms. The van der Waals surface area contributed by atoms with Crippen LogP contribution in [-0.4, -0.2) is 14.3 Å². The Kier molecular flexibility index (Phi) is 5.24. The molecule has 0 spiro atoms. The summed E-state index contributed by atoms with van der Waals surface area (Å²) in [6, 6.07) is 7.90. The molecule has 23 heavy (non-hydrogen) atoms. The predicted molar refractivity (Wildman–Crippen MR) is 91.7 cm³/mol. The number of benzene rings is 1. The van der Waals surface area contributed by atoms with E-state index in [0.29, 0.717) is 4.47 Å². The molecule has 120 valence electrons. The van der Waals surface area contributed by atoms with E-state index in [-0.39, 0.29) is 16.9 Å². The van der Waals surface area contributed by atoms with Gasteiger partial charge in [0.25, 0.3) is 10.0 Å². The number of aryl methyl sites for hydroxylation is 2. The summed E-state index contributed by atoms with van der Waals surface area (Å²) in [7, 11) is -4.02. The Balaban J connectivity index is 2.21. The lowest BCUT2D eigenvalue weighted by Gasteiger charge is -2.08. The Morgan fingerprint density at radius 1 is 1.30 bits per heavy atom. The van der Waals surface area contributed by atoms with Gasteiger partial charge in [0, 0.05) is 14.2 Å². The molecule has 1 N–H and O–H groups in total. The van der Waals surface area contributed by atoms with E-state index < -0.39 is 15.9 Å². The first-order valence-electron chi connectivity index (χ1n) is 6.53. The van der Waals surface area contributed by atoms with E-state index in [9.17, 15) is 13.2 Å². The summed E-state index contributed by atoms with van der Waals surface area (Å²) < 4.78 is 27.1.